The van der Waals surface area contributed by atoms with Gasteiger partial charge in [-0.1, -0.05) is 115 Å². The number of nitriles is 1. The molecule has 6 aromatic carbocycles. The van der Waals surface area contributed by atoms with Crippen LogP contribution >= 0.6 is 0 Å². The van der Waals surface area contributed by atoms with Crippen molar-refractivity contribution in [1.82, 2.24) is 19.5 Å². The summed E-state index contributed by atoms with van der Waals surface area (Å²) in [5.74, 6) is 1.30. The standard InChI is InChI=1S/C41H24F3N5/c42-41(43,44)34-17-9-7-15-30(34)32-22-20-29(24-37(32)49-35-18-10-8-16-31(35)33-21-19-26(25-45)23-36(33)49)40-47-38(27-11-3-1-4-12-27)46-39(48-40)28-13-5-2-6-14-28/h1-24H. The summed E-state index contributed by atoms with van der Waals surface area (Å²) in [5, 5.41) is 11.6. The van der Waals surface area contributed by atoms with Crippen LogP contribution in [-0.2, 0) is 6.18 Å². The lowest BCUT2D eigenvalue weighted by Gasteiger charge is -2.19. The maximum Gasteiger partial charge on any atom is 0.417 e. The molecule has 0 aliphatic rings. The molecule has 0 saturated heterocycles. The SMILES string of the molecule is N#Cc1ccc2c3ccccc3n(-c3cc(-c4nc(-c5ccccc5)nc(-c5ccccc5)n4)ccc3-c3ccccc3C(F)(F)F)c2c1. The Hall–Kier alpha value is -6.59. The number of hydrogen-bond donors (Lipinski definition) is 0. The average Bonchev–Trinajstić information content (AvgIpc) is 3.48. The predicted molar refractivity (Wildman–Crippen MR) is 186 cm³/mol. The molecule has 0 N–H and O–H groups in total. The van der Waals surface area contributed by atoms with Crippen molar-refractivity contribution in [2.75, 3.05) is 0 Å². The summed E-state index contributed by atoms with van der Waals surface area (Å²) in [4.78, 5) is 14.6. The van der Waals surface area contributed by atoms with E-state index in [1.54, 1.807) is 30.3 Å². The van der Waals surface area contributed by atoms with Gasteiger partial charge in [0.2, 0.25) is 0 Å². The van der Waals surface area contributed by atoms with Gasteiger partial charge in [-0.15, -0.1) is 0 Å². The highest BCUT2D eigenvalue weighted by Gasteiger charge is 2.34. The first-order valence-corrected chi connectivity index (χ1v) is 15.5. The van der Waals surface area contributed by atoms with Crippen molar-refractivity contribution in [3.05, 3.63) is 157 Å². The Labute approximate surface area is 279 Å². The number of fused-ring (bicyclic) bond motifs is 3. The Kier molecular flexibility index (Phi) is 7.23. The van der Waals surface area contributed by atoms with Gasteiger partial charge in [-0.25, -0.2) is 15.0 Å². The smallest absolute Gasteiger partial charge is 0.309 e. The molecule has 0 bridgehead atoms. The predicted octanol–water partition coefficient (Wildman–Crippen LogP) is 10.5. The minimum absolute atomic E-state index is 0.0320. The summed E-state index contributed by atoms with van der Waals surface area (Å²) in [7, 11) is 0. The Bertz CT molecular complexity index is 2490. The lowest BCUT2D eigenvalue weighted by atomic mass is 9.96. The van der Waals surface area contributed by atoms with Gasteiger partial charge in [0.25, 0.3) is 0 Å². The average molecular weight is 644 g/mol. The molecule has 5 nitrogen and oxygen atoms in total. The van der Waals surface area contributed by atoms with Crippen LogP contribution in [0.5, 0.6) is 0 Å². The van der Waals surface area contributed by atoms with E-state index in [9.17, 15) is 18.4 Å². The Balaban J connectivity index is 1.46. The highest BCUT2D eigenvalue weighted by atomic mass is 19.4. The number of nitrogens with zero attached hydrogens (tertiary/aromatic N) is 5. The van der Waals surface area contributed by atoms with Crippen LogP contribution in [0.4, 0.5) is 13.2 Å². The maximum atomic E-state index is 14.5. The molecule has 8 aromatic rings. The van der Waals surface area contributed by atoms with Crippen molar-refractivity contribution < 1.29 is 13.2 Å². The van der Waals surface area contributed by atoms with Gasteiger partial charge in [-0.3, -0.25) is 0 Å². The number of alkyl halides is 3. The first-order valence-electron chi connectivity index (χ1n) is 15.5. The molecule has 8 rings (SSSR count). The largest absolute Gasteiger partial charge is 0.417 e. The van der Waals surface area contributed by atoms with Crippen LogP contribution in [0.25, 0.3) is 72.8 Å². The fourth-order valence-corrected chi connectivity index (χ4v) is 6.29. The monoisotopic (exact) mass is 643 g/mol. The van der Waals surface area contributed by atoms with Crippen LogP contribution in [0, 0.1) is 11.3 Å². The molecule has 0 aliphatic carbocycles. The molecule has 0 spiro atoms. The van der Waals surface area contributed by atoms with E-state index in [1.165, 1.54) is 12.1 Å². The summed E-state index contributed by atoms with van der Waals surface area (Å²) < 4.78 is 45.4. The molecule has 49 heavy (non-hydrogen) atoms. The summed E-state index contributed by atoms with van der Waals surface area (Å²) in [6, 6.07) is 45.3. The number of para-hydroxylation sites is 1. The molecule has 0 aliphatic heterocycles. The Morgan fingerprint density at radius 2 is 1.08 bits per heavy atom. The van der Waals surface area contributed by atoms with Crippen LogP contribution in [0.3, 0.4) is 0 Å². The summed E-state index contributed by atoms with van der Waals surface area (Å²) in [6.07, 6.45) is -4.59. The van der Waals surface area contributed by atoms with Gasteiger partial charge < -0.3 is 4.57 Å². The van der Waals surface area contributed by atoms with E-state index >= 15 is 0 Å². The molecule has 0 fully saturated rings. The number of halogens is 3. The van der Waals surface area contributed by atoms with E-state index < -0.39 is 11.7 Å². The minimum atomic E-state index is -4.59. The highest BCUT2D eigenvalue weighted by Crippen LogP contribution is 2.42. The quantitative estimate of drug-likeness (QED) is 0.187. The minimum Gasteiger partial charge on any atom is -0.309 e. The second kappa shape index (κ2) is 11.9. The molecular weight excluding hydrogens is 619 g/mol. The lowest BCUT2D eigenvalue weighted by Crippen LogP contribution is -2.08. The van der Waals surface area contributed by atoms with Gasteiger partial charge in [-0.2, -0.15) is 18.4 Å². The van der Waals surface area contributed by atoms with Crippen LogP contribution in [0.15, 0.2) is 146 Å². The van der Waals surface area contributed by atoms with Crippen LogP contribution in [0.1, 0.15) is 11.1 Å². The fraction of sp³-hybridized carbons (Fsp3) is 0.0244. The topological polar surface area (TPSA) is 67.4 Å². The van der Waals surface area contributed by atoms with E-state index in [2.05, 4.69) is 6.07 Å². The van der Waals surface area contributed by atoms with Gasteiger partial charge in [0.15, 0.2) is 17.5 Å². The highest BCUT2D eigenvalue weighted by molar-refractivity contribution is 6.10. The van der Waals surface area contributed by atoms with E-state index in [0.717, 1.165) is 33.5 Å². The van der Waals surface area contributed by atoms with Crippen molar-refractivity contribution >= 4 is 21.8 Å². The summed E-state index contributed by atoms with van der Waals surface area (Å²) in [5.41, 5.74) is 4.21. The van der Waals surface area contributed by atoms with E-state index in [0.29, 0.717) is 45.4 Å². The number of hydrogen-bond acceptors (Lipinski definition) is 4. The second-order valence-electron chi connectivity index (χ2n) is 11.5. The molecule has 0 radical (unpaired) electrons. The first-order chi connectivity index (χ1) is 23.9. The van der Waals surface area contributed by atoms with Crippen LogP contribution in [-0.4, -0.2) is 19.5 Å². The molecule has 0 atom stereocenters. The normalized spacial score (nSPS) is 11.6. The molecule has 0 unspecified atom stereocenters. The summed E-state index contributed by atoms with van der Waals surface area (Å²) in [6.45, 7) is 0. The summed E-state index contributed by atoms with van der Waals surface area (Å²) >= 11 is 0. The molecule has 8 heteroatoms. The molecule has 0 saturated carbocycles. The zero-order valence-electron chi connectivity index (χ0n) is 25.7. The van der Waals surface area contributed by atoms with Crippen molar-refractivity contribution in [3.63, 3.8) is 0 Å². The van der Waals surface area contributed by atoms with Crippen molar-refractivity contribution in [1.29, 1.82) is 5.26 Å². The van der Waals surface area contributed by atoms with Gasteiger partial charge in [0.1, 0.15) is 0 Å². The van der Waals surface area contributed by atoms with E-state index in [4.69, 9.17) is 15.0 Å². The number of rotatable bonds is 5. The molecule has 0 amide bonds. The first kappa shape index (κ1) is 29.8. The van der Waals surface area contributed by atoms with Crippen molar-refractivity contribution in [3.8, 4) is 57.0 Å². The zero-order chi connectivity index (χ0) is 33.5. The molecular formula is C41H24F3N5. The molecule has 2 aromatic heterocycles. The number of aromatic nitrogens is 4. The van der Waals surface area contributed by atoms with Crippen molar-refractivity contribution in [2.45, 2.75) is 6.18 Å². The molecule has 234 valence electrons. The van der Waals surface area contributed by atoms with Gasteiger partial charge in [0, 0.05) is 33.0 Å². The zero-order valence-corrected chi connectivity index (χ0v) is 25.7. The van der Waals surface area contributed by atoms with Gasteiger partial charge in [-0.05, 0) is 35.9 Å². The fourth-order valence-electron chi connectivity index (χ4n) is 6.29. The third-order valence-electron chi connectivity index (χ3n) is 8.52. The van der Waals surface area contributed by atoms with Crippen LogP contribution < -0.4 is 0 Å². The Morgan fingerprint density at radius 1 is 0.510 bits per heavy atom. The van der Waals surface area contributed by atoms with Crippen molar-refractivity contribution in [2.24, 2.45) is 0 Å². The van der Waals surface area contributed by atoms with Gasteiger partial charge in [0.05, 0.1) is 33.9 Å². The Morgan fingerprint density at radius 3 is 1.73 bits per heavy atom. The molecule has 2 heterocycles. The maximum absolute atomic E-state index is 14.5. The third-order valence-corrected chi connectivity index (χ3v) is 8.52. The van der Waals surface area contributed by atoms with E-state index in [-0.39, 0.29) is 5.56 Å². The lowest BCUT2D eigenvalue weighted by molar-refractivity contribution is -0.137. The van der Waals surface area contributed by atoms with E-state index in [1.807, 2.05) is 102 Å². The number of benzene rings is 6. The third kappa shape index (κ3) is 5.37. The van der Waals surface area contributed by atoms with Crippen LogP contribution in [0.2, 0.25) is 0 Å². The van der Waals surface area contributed by atoms with Gasteiger partial charge >= 0.3 is 6.18 Å². The second-order valence-corrected chi connectivity index (χ2v) is 11.5.